The number of hydrogen-bond acceptors (Lipinski definition) is 4. The maximum absolute atomic E-state index is 12.8. The molecule has 2 amide bonds. The molecule has 28 heavy (non-hydrogen) atoms. The minimum absolute atomic E-state index is 0. The van der Waals surface area contributed by atoms with E-state index in [0.29, 0.717) is 17.3 Å². The molecule has 1 aliphatic carbocycles. The van der Waals surface area contributed by atoms with Gasteiger partial charge < -0.3 is 20.0 Å². The highest BCUT2D eigenvalue weighted by atomic mass is 35.5. The second-order valence-corrected chi connectivity index (χ2v) is 7.43. The molecule has 7 heteroatoms. The summed E-state index contributed by atoms with van der Waals surface area (Å²) in [6.07, 6.45) is 6.16. The van der Waals surface area contributed by atoms with Gasteiger partial charge in [0.15, 0.2) is 5.76 Å². The third kappa shape index (κ3) is 5.14. The molecule has 150 valence electrons. The van der Waals surface area contributed by atoms with Crippen molar-refractivity contribution in [2.24, 2.45) is 5.92 Å². The van der Waals surface area contributed by atoms with Gasteiger partial charge in [-0.2, -0.15) is 0 Å². The van der Waals surface area contributed by atoms with E-state index in [9.17, 15) is 9.59 Å². The maximum Gasteiger partial charge on any atom is 0.291 e. The molecule has 0 bridgehead atoms. The molecule has 0 spiro atoms. The van der Waals surface area contributed by atoms with Crippen LogP contribution < -0.4 is 10.6 Å². The Labute approximate surface area is 171 Å². The van der Waals surface area contributed by atoms with Crippen LogP contribution in [0.2, 0.25) is 0 Å². The summed E-state index contributed by atoms with van der Waals surface area (Å²) in [5.41, 5.74) is 1.18. The second-order valence-electron chi connectivity index (χ2n) is 7.43. The smallest absolute Gasteiger partial charge is 0.291 e. The van der Waals surface area contributed by atoms with Crippen LogP contribution in [0.4, 0.5) is 5.69 Å². The molecule has 4 rings (SSSR count). The highest BCUT2D eigenvalue weighted by Crippen LogP contribution is 2.28. The van der Waals surface area contributed by atoms with Gasteiger partial charge in [0.1, 0.15) is 0 Å². The number of furan rings is 1. The second kappa shape index (κ2) is 9.26. The summed E-state index contributed by atoms with van der Waals surface area (Å²) in [4.78, 5) is 26.8. The van der Waals surface area contributed by atoms with E-state index in [4.69, 9.17) is 4.42 Å². The fourth-order valence-electron chi connectivity index (χ4n) is 3.46. The molecule has 1 saturated heterocycles. The topological polar surface area (TPSA) is 74.6 Å². The number of nitrogens with one attached hydrogen (secondary N) is 2. The Hall–Kier alpha value is -2.31. The average Bonchev–Trinajstić information content (AvgIpc) is 3.36. The zero-order valence-corrected chi connectivity index (χ0v) is 16.5. The Balaban J connectivity index is 0.00000225. The van der Waals surface area contributed by atoms with Crippen molar-refractivity contribution < 1.29 is 14.0 Å². The summed E-state index contributed by atoms with van der Waals surface area (Å²) in [7, 11) is 0. The number of benzene rings is 1. The number of amides is 2. The number of carbonyl (C=O) groups excluding carboxylic acids is 2. The molecule has 2 aromatic rings. The average molecular weight is 404 g/mol. The standard InChI is InChI=1S/C21H25N3O3.ClH/c25-20(19-5-2-12-27-19)23-18-4-1-3-16(13-18)21(26)24-10-8-17(9-11-24)22-14-15-6-7-15;/h1-5,12-13,15,17,22H,6-11,14H2,(H,23,25);1H. The van der Waals surface area contributed by atoms with E-state index >= 15 is 0 Å². The molecule has 1 aromatic heterocycles. The number of carbonyl (C=O) groups is 2. The number of nitrogens with zero attached hydrogens (tertiary/aromatic N) is 1. The zero-order chi connectivity index (χ0) is 18.6. The van der Waals surface area contributed by atoms with Crippen molar-refractivity contribution in [3.8, 4) is 0 Å². The lowest BCUT2D eigenvalue weighted by Gasteiger charge is -2.32. The molecular formula is C21H26ClN3O3. The number of hydrogen-bond donors (Lipinski definition) is 2. The fourth-order valence-corrected chi connectivity index (χ4v) is 3.46. The monoisotopic (exact) mass is 403 g/mol. The molecule has 6 nitrogen and oxygen atoms in total. The molecule has 2 N–H and O–H groups in total. The molecule has 2 aliphatic rings. The van der Waals surface area contributed by atoms with Gasteiger partial charge in [-0.1, -0.05) is 6.07 Å². The van der Waals surface area contributed by atoms with E-state index in [0.717, 1.165) is 38.4 Å². The van der Waals surface area contributed by atoms with E-state index in [1.165, 1.54) is 19.1 Å². The van der Waals surface area contributed by atoms with Crippen LogP contribution in [0.3, 0.4) is 0 Å². The fraction of sp³-hybridized carbons (Fsp3) is 0.429. The zero-order valence-electron chi connectivity index (χ0n) is 15.7. The van der Waals surface area contributed by atoms with E-state index < -0.39 is 0 Å². The third-order valence-corrected chi connectivity index (χ3v) is 5.29. The normalized spacial score (nSPS) is 17.1. The van der Waals surface area contributed by atoms with Crippen LogP contribution in [0.5, 0.6) is 0 Å². The van der Waals surface area contributed by atoms with Gasteiger partial charge in [0.2, 0.25) is 0 Å². The summed E-state index contributed by atoms with van der Waals surface area (Å²) in [5, 5.41) is 6.40. The van der Waals surface area contributed by atoms with Crippen LogP contribution in [-0.4, -0.2) is 42.4 Å². The van der Waals surface area contributed by atoms with Gasteiger partial charge in [0.05, 0.1) is 6.26 Å². The van der Waals surface area contributed by atoms with E-state index in [1.807, 2.05) is 4.90 Å². The molecule has 2 heterocycles. The van der Waals surface area contributed by atoms with Crippen molar-refractivity contribution >= 4 is 29.9 Å². The first-order chi connectivity index (χ1) is 13.2. The molecule has 0 radical (unpaired) electrons. The Bertz CT molecular complexity index is 797. The molecule has 0 unspecified atom stereocenters. The molecule has 1 saturated carbocycles. The van der Waals surface area contributed by atoms with Crippen LogP contribution in [0.15, 0.2) is 47.1 Å². The maximum atomic E-state index is 12.8. The van der Waals surface area contributed by atoms with Gasteiger partial charge in [-0.15, -0.1) is 12.4 Å². The summed E-state index contributed by atoms with van der Waals surface area (Å²) in [6.45, 7) is 2.66. The first-order valence-electron chi connectivity index (χ1n) is 9.66. The van der Waals surface area contributed by atoms with Gasteiger partial charge in [-0.3, -0.25) is 9.59 Å². The van der Waals surface area contributed by atoms with Crippen LogP contribution in [-0.2, 0) is 0 Å². The Morgan fingerprint density at radius 3 is 2.54 bits per heavy atom. The lowest BCUT2D eigenvalue weighted by atomic mass is 10.0. The SMILES string of the molecule is Cl.O=C(Nc1cccc(C(=O)N2CCC(NCC3CC3)CC2)c1)c1ccco1. The van der Waals surface area contributed by atoms with Gasteiger partial charge in [0.25, 0.3) is 11.8 Å². The number of anilines is 1. The van der Waals surface area contributed by atoms with E-state index in [1.54, 1.807) is 36.4 Å². The summed E-state index contributed by atoms with van der Waals surface area (Å²) >= 11 is 0. The van der Waals surface area contributed by atoms with E-state index in [-0.39, 0.29) is 30.0 Å². The van der Waals surface area contributed by atoms with Gasteiger partial charge in [-0.05, 0) is 68.5 Å². The Morgan fingerprint density at radius 2 is 1.86 bits per heavy atom. The number of likely N-dealkylation sites (tertiary alicyclic amines) is 1. The summed E-state index contributed by atoms with van der Waals surface area (Å²) in [5.74, 6) is 0.813. The molecule has 1 aromatic carbocycles. The summed E-state index contributed by atoms with van der Waals surface area (Å²) in [6, 6.07) is 10.9. The van der Waals surface area contributed by atoms with Crippen molar-refractivity contribution in [3.05, 3.63) is 54.0 Å². The largest absolute Gasteiger partial charge is 0.459 e. The van der Waals surface area contributed by atoms with Gasteiger partial charge in [0, 0.05) is 30.4 Å². The lowest BCUT2D eigenvalue weighted by molar-refractivity contribution is 0.0704. The van der Waals surface area contributed by atoms with Crippen molar-refractivity contribution in [1.82, 2.24) is 10.2 Å². The van der Waals surface area contributed by atoms with Crippen LogP contribution in [0, 0.1) is 5.92 Å². The van der Waals surface area contributed by atoms with Gasteiger partial charge >= 0.3 is 0 Å². The highest BCUT2D eigenvalue weighted by Gasteiger charge is 2.26. The van der Waals surface area contributed by atoms with Crippen molar-refractivity contribution in [3.63, 3.8) is 0 Å². The molecule has 0 atom stereocenters. The minimum Gasteiger partial charge on any atom is -0.459 e. The molecule has 2 fully saturated rings. The predicted molar refractivity (Wildman–Crippen MR) is 110 cm³/mol. The van der Waals surface area contributed by atoms with Crippen molar-refractivity contribution in [2.45, 2.75) is 31.7 Å². The van der Waals surface area contributed by atoms with Crippen LogP contribution in [0.1, 0.15) is 46.6 Å². The first-order valence-corrected chi connectivity index (χ1v) is 9.66. The third-order valence-electron chi connectivity index (χ3n) is 5.29. The quantitative estimate of drug-likeness (QED) is 0.773. The Morgan fingerprint density at radius 1 is 1.07 bits per heavy atom. The minimum atomic E-state index is -0.327. The van der Waals surface area contributed by atoms with Crippen LogP contribution in [0.25, 0.3) is 0 Å². The van der Waals surface area contributed by atoms with Crippen molar-refractivity contribution in [1.29, 1.82) is 0 Å². The number of piperidine rings is 1. The lowest BCUT2D eigenvalue weighted by Crippen LogP contribution is -2.45. The number of rotatable bonds is 6. The summed E-state index contributed by atoms with van der Waals surface area (Å²) < 4.78 is 5.10. The van der Waals surface area contributed by atoms with Crippen molar-refractivity contribution in [2.75, 3.05) is 25.0 Å². The molecular weight excluding hydrogens is 378 g/mol. The number of halogens is 1. The Kier molecular flexibility index (Phi) is 6.75. The van der Waals surface area contributed by atoms with E-state index in [2.05, 4.69) is 10.6 Å². The van der Waals surface area contributed by atoms with Crippen LogP contribution >= 0.6 is 12.4 Å². The first kappa shape index (κ1) is 20.4. The predicted octanol–water partition coefficient (Wildman–Crippen LogP) is 3.56. The molecule has 1 aliphatic heterocycles. The van der Waals surface area contributed by atoms with Gasteiger partial charge in [-0.25, -0.2) is 0 Å². The highest BCUT2D eigenvalue weighted by molar-refractivity contribution is 6.03.